The molecule has 154 valence electrons. The molecule has 7 heteroatoms. The van der Waals surface area contributed by atoms with Crippen molar-refractivity contribution in [3.8, 4) is 0 Å². The van der Waals surface area contributed by atoms with E-state index in [0.717, 1.165) is 43.6 Å². The van der Waals surface area contributed by atoms with E-state index in [2.05, 4.69) is 27.1 Å². The summed E-state index contributed by atoms with van der Waals surface area (Å²) < 4.78 is 5.32. The Balaban J connectivity index is 1.84. The molecule has 0 bridgehead atoms. The third-order valence-electron chi connectivity index (χ3n) is 4.65. The standard InChI is InChI=1S/C21H31ClN4O2/c1-3-26(15-17-8-10-18(22)11-9-17)20(21(27)28-4-2)14-23-12-6-5-7-19-13-24-16-25-19/h8-11,13,16,20,23H,3-7,12,14-15H2,1-2H3,(H,24,25). The molecule has 6 nitrogen and oxygen atoms in total. The van der Waals surface area contributed by atoms with Crippen molar-refractivity contribution in [1.29, 1.82) is 0 Å². The zero-order valence-electron chi connectivity index (χ0n) is 16.8. The first-order chi connectivity index (χ1) is 13.6. The molecule has 1 aromatic heterocycles. The molecular formula is C21H31ClN4O2. The van der Waals surface area contributed by atoms with Crippen LogP contribution in [0.25, 0.3) is 0 Å². The van der Waals surface area contributed by atoms with Gasteiger partial charge in [-0.05, 0) is 57.0 Å². The molecular weight excluding hydrogens is 376 g/mol. The Labute approximate surface area is 172 Å². The highest BCUT2D eigenvalue weighted by molar-refractivity contribution is 6.30. The van der Waals surface area contributed by atoms with E-state index in [1.165, 1.54) is 0 Å². The Kier molecular flexibility index (Phi) is 10.0. The number of aryl methyl sites for hydroxylation is 1. The Hall–Kier alpha value is -1.89. The fourth-order valence-corrected chi connectivity index (χ4v) is 3.22. The monoisotopic (exact) mass is 406 g/mol. The molecule has 28 heavy (non-hydrogen) atoms. The fourth-order valence-electron chi connectivity index (χ4n) is 3.09. The van der Waals surface area contributed by atoms with E-state index in [0.29, 0.717) is 24.7 Å². The van der Waals surface area contributed by atoms with Crippen molar-refractivity contribution in [2.24, 2.45) is 0 Å². The number of hydrogen-bond donors (Lipinski definition) is 2. The lowest BCUT2D eigenvalue weighted by Crippen LogP contribution is -2.48. The summed E-state index contributed by atoms with van der Waals surface area (Å²) in [7, 11) is 0. The number of aromatic amines is 1. The van der Waals surface area contributed by atoms with Gasteiger partial charge in [0.05, 0.1) is 12.9 Å². The molecule has 2 aromatic rings. The van der Waals surface area contributed by atoms with E-state index in [1.54, 1.807) is 6.33 Å². The molecule has 0 spiro atoms. The molecule has 1 atom stereocenters. The second-order valence-electron chi connectivity index (χ2n) is 6.70. The number of benzene rings is 1. The molecule has 1 aromatic carbocycles. The Bertz CT molecular complexity index is 676. The van der Waals surface area contributed by atoms with Gasteiger partial charge in [-0.25, -0.2) is 4.98 Å². The molecule has 2 N–H and O–H groups in total. The van der Waals surface area contributed by atoms with Gasteiger partial charge in [0.1, 0.15) is 6.04 Å². The number of ether oxygens (including phenoxy) is 1. The van der Waals surface area contributed by atoms with Gasteiger partial charge in [-0.15, -0.1) is 0 Å². The van der Waals surface area contributed by atoms with Crippen molar-refractivity contribution in [3.63, 3.8) is 0 Å². The summed E-state index contributed by atoms with van der Waals surface area (Å²) in [4.78, 5) is 21.8. The molecule has 0 aliphatic heterocycles. The van der Waals surface area contributed by atoms with E-state index in [1.807, 2.05) is 37.4 Å². The lowest BCUT2D eigenvalue weighted by atomic mass is 10.1. The third kappa shape index (κ3) is 7.62. The molecule has 0 fully saturated rings. The Morgan fingerprint density at radius 2 is 2.07 bits per heavy atom. The number of likely N-dealkylation sites (N-methyl/N-ethyl adjacent to an activating group) is 1. The van der Waals surface area contributed by atoms with Crippen LogP contribution in [0, 0.1) is 0 Å². The van der Waals surface area contributed by atoms with Gasteiger partial charge in [0.2, 0.25) is 0 Å². The maximum atomic E-state index is 12.5. The third-order valence-corrected chi connectivity index (χ3v) is 4.90. The number of carbonyl (C=O) groups excluding carboxylic acids is 1. The SMILES string of the molecule is CCOC(=O)C(CNCCCCc1cnc[nH]1)N(CC)Cc1ccc(Cl)cc1. The van der Waals surface area contributed by atoms with Crippen LogP contribution in [0.4, 0.5) is 0 Å². The van der Waals surface area contributed by atoms with Crippen LogP contribution in [-0.4, -0.2) is 53.1 Å². The summed E-state index contributed by atoms with van der Waals surface area (Å²) in [5.41, 5.74) is 2.28. The number of unbranched alkanes of at least 4 members (excludes halogenated alkanes) is 1. The van der Waals surface area contributed by atoms with Crippen LogP contribution < -0.4 is 5.32 Å². The van der Waals surface area contributed by atoms with Gasteiger partial charge < -0.3 is 15.0 Å². The number of esters is 1. The maximum absolute atomic E-state index is 12.5. The van der Waals surface area contributed by atoms with Crippen molar-refractivity contribution in [1.82, 2.24) is 20.2 Å². The molecule has 1 heterocycles. The van der Waals surface area contributed by atoms with Crippen molar-refractivity contribution in [2.75, 3.05) is 26.2 Å². The van der Waals surface area contributed by atoms with Crippen molar-refractivity contribution >= 4 is 17.6 Å². The van der Waals surface area contributed by atoms with E-state index >= 15 is 0 Å². The Morgan fingerprint density at radius 3 is 2.71 bits per heavy atom. The summed E-state index contributed by atoms with van der Waals surface area (Å²) in [5, 5.41) is 4.14. The number of nitrogens with zero attached hydrogens (tertiary/aromatic N) is 2. The minimum Gasteiger partial charge on any atom is -0.465 e. The second-order valence-corrected chi connectivity index (χ2v) is 7.13. The van der Waals surface area contributed by atoms with Crippen LogP contribution >= 0.6 is 11.6 Å². The smallest absolute Gasteiger partial charge is 0.324 e. The van der Waals surface area contributed by atoms with Gasteiger partial charge in [-0.1, -0.05) is 30.7 Å². The van der Waals surface area contributed by atoms with E-state index in [-0.39, 0.29) is 12.0 Å². The molecule has 0 aliphatic rings. The average Bonchev–Trinajstić information content (AvgIpc) is 3.21. The summed E-state index contributed by atoms with van der Waals surface area (Å²) in [5.74, 6) is -0.178. The second kappa shape index (κ2) is 12.5. The number of hydrogen-bond acceptors (Lipinski definition) is 5. The number of imidazole rings is 1. The fraction of sp³-hybridized carbons (Fsp3) is 0.524. The van der Waals surface area contributed by atoms with Gasteiger partial charge in [-0.3, -0.25) is 9.69 Å². The molecule has 2 rings (SSSR count). The number of halogens is 1. The lowest BCUT2D eigenvalue weighted by molar-refractivity contribution is -0.149. The number of nitrogens with one attached hydrogen (secondary N) is 2. The van der Waals surface area contributed by atoms with E-state index < -0.39 is 0 Å². The van der Waals surface area contributed by atoms with Crippen LogP contribution in [0.1, 0.15) is 37.9 Å². The topological polar surface area (TPSA) is 70.2 Å². The zero-order valence-corrected chi connectivity index (χ0v) is 17.5. The zero-order chi connectivity index (χ0) is 20.2. The number of carbonyl (C=O) groups is 1. The summed E-state index contributed by atoms with van der Waals surface area (Å²) in [6, 6.07) is 7.43. The number of H-pyrrole nitrogens is 1. The minimum absolute atomic E-state index is 0.178. The summed E-state index contributed by atoms with van der Waals surface area (Å²) >= 11 is 5.98. The van der Waals surface area contributed by atoms with Gasteiger partial charge in [0.25, 0.3) is 0 Å². The van der Waals surface area contributed by atoms with Gasteiger partial charge in [0, 0.05) is 30.0 Å². The first-order valence-electron chi connectivity index (χ1n) is 9.97. The van der Waals surface area contributed by atoms with Gasteiger partial charge in [0.15, 0.2) is 0 Å². The number of aromatic nitrogens is 2. The predicted octanol–water partition coefficient (Wildman–Crippen LogP) is 3.43. The van der Waals surface area contributed by atoms with Gasteiger partial charge in [-0.2, -0.15) is 0 Å². The molecule has 0 radical (unpaired) electrons. The van der Waals surface area contributed by atoms with Crippen LogP contribution in [-0.2, 0) is 22.5 Å². The highest BCUT2D eigenvalue weighted by atomic mass is 35.5. The largest absolute Gasteiger partial charge is 0.465 e. The molecule has 0 saturated heterocycles. The van der Waals surface area contributed by atoms with Crippen LogP contribution in [0.3, 0.4) is 0 Å². The normalized spacial score (nSPS) is 12.3. The minimum atomic E-state index is -0.312. The highest BCUT2D eigenvalue weighted by Gasteiger charge is 2.26. The quantitative estimate of drug-likeness (QED) is 0.394. The van der Waals surface area contributed by atoms with E-state index in [9.17, 15) is 4.79 Å². The first-order valence-corrected chi connectivity index (χ1v) is 10.3. The van der Waals surface area contributed by atoms with Crippen molar-refractivity contribution in [2.45, 2.75) is 45.7 Å². The van der Waals surface area contributed by atoms with Crippen molar-refractivity contribution < 1.29 is 9.53 Å². The van der Waals surface area contributed by atoms with Crippen molar-refractivity contribution in [3.05, 3.63) is 53.1 Å². The van der Waals surface area contributed by atoms with Crippen LogP contribution in [0.5, 0.6) is 0 Å². The summed E-state index contributed by atoms with van der Waals surface area (Å²) in [6.45, 7) is 7.16. The van der Waals surface area contributed by atoms with E-state index in [4.69, 9.17) is 16.3 Å². The average molecular weight is 407 g/mol. The predicted molar refractivity (Wildman–Crippen MR) is 112 cm³/mol. The first kappa shape index (κ1) is 22.4. The van der Waals surface area contributed by atoms with Crippen LogP contribution in [0.15, 0.2) is 36.8 Å². The summed E-state index contributed by atoms with van der Waals surface area (Å²) in [6.07, 6.45) is 6.66. The van der Waals surface area contributed by atoms with Crippen LogP contribution in [0.2, 0.25) is 5.02 Å². The lowest BCUT2D eigenvalue weighted by Gasteiger charge is -2.29. The number of rotatable bonds is 13. The highest BCUT2D eigenvalue weighted by Crippen LogP contribution is 2.14. The van der Waals surface area contributed by atoms with Gasteiger partial charge >= 0.3 is 5.97 Å². The Morgan fingerprint density at radius 1 is 1.29 bits per heavy atom. The molecule has 0 aliphatic carbocycles. The molecule has 0 amide bonds. The molecule has 0 saturated carbocycles. The molecule has 1 unspecified atom stereocenters. The maximum Gasteiger partial charge on any atom is 0.324 e.